The molecule has 164 valence electrons. The highest BCUT2D eigenvalue weighted by molar-refractivity contribution is 14.0. The summed E-state index contributed by atoms with van der Waals surface area (Å²) < 4.78 is 6.04. The molecule has 0 bridgehead atoms. The van der Waals surface area contributed by atoms with Gasteiger partial charge >= 0.3 is 0 Å². The minimum Gasteiger partial charge on any atom is -0.376 e. The summed E-state index contributed by atoms with van der Waals surface area (Å²) in [4.78, 5) is 18.4. The summed E-state index contributed by atoms with van der Waals surface area (Å²) >= 11 is 0. The minimum absolute atomic E-state index is 0. The van der Waals surface area contributed by atoms with Crippen LogP contribution in [0.1, 0.15) is 58.3 Å². The van der Waals surface area contributed by atoms with Gasteiger partial charge in [0.25, 0.3) is 0 Å². The van der Waals surface area contributed by atoms with E-state index in [9.17, 15) is 4.79 Å². The molecule has 0 aromatic heterocycles. The van der Waals surface area contributed by atoms with Gasteiger partial charge in [-0.05, 0) is 32.6 Å². The molecule has 0 radical (unpaired) electrons. The van der Waals surface area contributed by atoms with Gasteiger partial charge in [0, 0.05) is 32.7 Å². The molecule has 28 heavy (non-hydrogen) atoms. The number of hydrogen-bond acceptors (Lipinski definition) is 4. The van der Waals surface area contributed by atoms with Gasteiger partial charge in [-0.25, -0.2) is 0 Å². The maximum atomic E-state index is 11.5. The number of nitrogens with one attached hydrogen (secondary N) is 3. The van der Waals surface area contributed by atoms with Crippen molar-refractivity contribution in [3.63, 3.8) is 0 Å². The largest absolute Gasteiger partial charge is 0.376 e. The van der Waals surface area contributed by atoms with Gasteiger partial charge in [0.15, 0.2) is 5.96 Å². The molecule has 0 spiro atoms. The third-order valence-electron chi connectivity index (χ3n) is 5.44. The Balaban J connectivity index is 0.00000392. The Labute approximate surface area is 187 Å². The van der Waals surface area contributed by atoms with Crippen molar-refractivity contribution in [3.8, 4) is 0 Å². The molecule has 0 aromatic rings. The minimum atomic E-state index is 0. The number of guanidine groups is 1. The molecule has 7 nitrogen and oxygen atoms in total. The predicted octanol–water partition coefficient (Wildman–Crippen LogP) is 2.11. The Hall–Kier alpha value is -0.610. The highest BCUT2D eigenvalue weighted by atomic mass is 127. The smallest absolute Gasteiger partial charge is 0.233 e. The maximum Gasteiger partial charge on any atom is 0.233 e. The lowest BCUT2D eigenvalue weighted by atomic mass is 10.1. The first kappa shape index (κ1) is 25.4. The van der Waals surface area contributed by atoms with Crippen LogP contribution < -0.4 is 16.0 Å². The number of rotatable bonds is 8. The average Bonchev–Trinajstić information content (AvgIpc) is 2.95. The van der Waals surface area contributed by atoms with E-state index in [-0.39, 0.29) is 29.9 Å². The number of likely N-dealkylation sites (tertiary alicyclic amines) is 1. The number of halogens is 1. The van der Waals surface area contributed by atoms with Crippen molar-refractivity contribution >= 4 is 35.8 Å². The molecule has 1 saturated carbocycles. The van der Waals surface area contributed by atoms with E-state index in [0.29, 0.717) is 31.8 Å². The first-order chi connectivity index (χ1) is 13.2. The first-order valence-corrected chi connectivity index (χ1v) is 10.8. The molecule has 1 saturated heterocycles. The lowest BCUT2D eigenvalue weighted by molar-refractivity contribution is -0.122. The highest BCUT2D eigenvalue weighted by Crippen LogP contribution is 2.19. The Morgan fingerprint density at radius 3 is 2.39 bits per heavy atom. The number of piperidine rings is 1. The third-order valence-corrected chi connectivity index (χ3v) is 5.44. The molecule has 2 rings (SSSR count). The lowest BCUT2D eigenvalue weighted by Crippen LogP contribution is -2.50. The molecule has 2 fully saturated rings. The summed E-state index contributed by atoms with van der Waals surface area (Å²) in [5.41, 5.74) is 0. The zero-order valence-corrected chi connectivity index (χ0v) is 20.0. The number of amides is 1. The van der Waals surface area contributed by atoms with Crippen LogP contribution in [0.5, 0.6) is 0 Å². The fraction of sp³-hybridized carbons (Fsp3) is 0.900. The molecule has 8 heteroatoms. The highest BCUT2D eigenvalue weighted by Gasteiger charge is 2.21. The van der Waals surface area contributed by atoms with Crippen LogP contribution in [0.4, 0.5) is 0 Å². The summed E-state index contributed by atoms with van der Waals surface area (Å²) in [6.45, 7) is 6.71. The predicted molar refractivity (Wildman–Crippen MR) is 126 cm³/mol. The van der Waals surface area contributed by atoms with Gasteiger partial charge in [-0.1, -0.05) is 25.7 Å². The first-order valence-electron chi connectivity index (χ1n) is 10.8. The van der Waals surface area contributed by atoms with Gasteiger partial charge < -0.3 is 20.7 Å². The fourth-order valence-corrected chi connectivity index (χ4v) is 3.82. The van der Waals surface area contributed by atoms with E-state index in [2.05, 4.69) is 32.8 Å². The Bertz CT molecular complexity index is 448. The zero-order chi connectivity index (χ0) is 19.3. The van der Waals surface area contributed by atoms with Crippen LogP contribution >= 0.6 is 24.0 Å². The van der Waals surface area contributed by atoms with Crippen LogP contribution in [-0.2, 0) is 9.53 Å². The number of likely N-dealkylation sites (N-methyl/N-ethyl adjacent to an activating group) is 1. The Kier molecular flexibility index (Phi) is 13.9. The SMILES string of the molecule is CCNC(=NCCOC1CCCCCC1)NC1CCN(CC(=O)NC)CC1.I. The van der Waals surface area contributed by atoms with E-state index in [0.717, 1.165) is 38.4 Å². The normalized spacial score (nSPS) is 20.1. The van der Waals surface area contributed by atoms with Crippen LogP contribution in [0, 0.1) is 0 Å². The number of carbonyl (C=O) groups excluding carboxylic acids is 1. The monoisotopic (exact) mass is 509 g/mol. The topological polar surface area (TPSA) is 78.0 Å². The van der Waals surface area contributed by atoms with Crippen molar-refractivity contribution in [2.75, 3.05) is 46.4 Å². The quantitative estimate of drug-likeness (QED) is 0.154. The second-order valence-electron chi connectivity index (χ2n) is 7.61. The van der Waals surface area contributed by atoms with Crippen LogP contribution in [0.2, 0.25) is 0 Å². The average molecular weight is 509 g/mol. The molecule has 2 aliphatic rings. The van der Waals surface area contributed by atoms with Gasteiger partial charge in [0.2, 0.25) is 5.91 Å². The van der Waals surface area contributed by atoms with Crippen LogP contribution in [0.25, 0.3) is 0 Å². The Morgan fingerprint density at radius 2 is 1.79 bits per heavy atom. The molecule has 1 aliphatic heterocycles. The van der Waals surface area contributed by atoms with E-state index >= 15 is 0 Å². The van der Waals surface area contributed by atoms with Crippen LogP contribution in [-0.4, -0.2) is 75.3 Å². The van der Waals surface area contributed by atoms with Gasteiger partial charge in [-0.3, -0.25) is 14.7 Å². The van der Waals surface area contributed by atoms with E-state index in [1.165, 1.54) is 38.5 Å². The van der Waals surface area contributed by atoms with E-state index < -0.39 is 0 Å². The molecule has 0 aromatic carbocycles. The molecule has 0 unspecified atom stereocenters. The van der Waals surface area contributed by atoms with E-state index in [1.54, 1.807) is 7.05 Å². The van der Waals surface area contributed by atoms with Crippen molar-refractivity contribution in [1.29, 1.82) is 0 Å². The number of hydrogen-bond donors (Lipinski definition) is 3. The standard InChI is InChI=1S/C20H39N5O2.HI/c1-3-22-20(23-12-15-27-18-8-6-4-5-7-9-18)24-17-10-13-25(14-11-17)16-19(26)21-2;/h17-18H,3-16H2,1-2H3,(H,21,26)(H2,22,23,24);1H. The van der Waals surface area contributed by atoms with Crippen molar-refractivity contribution in [2.45, 2.75) is 70.4 Å². The van der Waals surface area contributed by atoms with Gasteiger partial charge in [0.1, 0.15) is 0 Å². The molecule has 1 amide bonds. The molecule has 0 atom stereocenters. The number of nitrogens with zero attached hydrogens (tertiary/aromatic N) is 2. The van der Waals surface area contributed by atoms with Crippen molar-refractivity contribution < 1.29 is 9.53 Å². The van der Waals surface area contributed by atoms with Gasteiger partial charge in [-0.15, -0.1) is 24.0 Å². The second-order valence-corrected chi connectivity index (χ2v) is 7.61. The van der Waals surface area contributed by atoms with Gasteiger partial charge in [0.05, 0.1) is 25.8 Å². The van der Waals surface area contributed by atoms with Crippen LogP contribution in [0.15, 0.2) is 4.99 Å². The van der Waals surface area contributed by atoms with E-state index in [4.69, 9.17) is 4.74 Å². The van der Waals surface area contributed by atoms with Crippen LogP contribution in [0.3, 0.4) is 0 Å². The summed E-state index contributed by atoms with van der Waals surface area (Å²) in [5.74, 6) is 0.969. The third kappa shape index (κ3) is 10.2. The van der Waals surface area contributed by atoms with Crippen molar-refractivity contribution in [3.05, 3.63) is 0 Å². The lowest BCUT2D eigenvalue weighted by Gasteiger charge is -2.32. The summed E-state index contributed by atoms with van der Waals surface area (Å²) in [5, 5.41) is 9.58. The molecule has 3 N–H and O–H groups in total. The summed E-state index contributed by atoms with van der Waals surface area (Å²) in [6, 6.07) is 0.409. The number of aliphatic imine (C=N–C) groups is 1. The molecule has 1 aliphatic carbocycles. The van der Waals surface area contributed by atoms with Crippen molar-refractivity contribution in [1.82, 2.24) is 20.9 Å². The summed E-state index contributed by atoms with van der Waals surface area (Å²) in [7, 11) is 1.69. The van der Waals surface area contributed by atoms with E-state index in [1.807, 2.05) is 0 Å². The zero-order valence-electron chi connectivity index (χ0n) is 17.7. The molecule has 1 heterocycles. The Morgan fingerprint density at radius 1 is 1.11 bits per heavy atom. The maximum absolute atomic E-state index is 11.5. The summed E-state index contributed by atoms with van der Waals surface area (Å²) in [6.07, 6.45) is 10.2. The second kappa shape index (κ2) is 15.3. The number of ether oxygens (including phenoxy) is 1. The van der Waals surface area contributed by atoms with Gasteiger partial charge in [-0.2, -0.15) is 0 Å². The fourth-order valence-electron chi connectivity index (χ4n) is 3.82. The number of carbonyl (C=O) groups is 1. The van der Waals surface area contributed by atoms with Crippen molar-refractivity contribution in [2.24, 2.45) is 4.99 Å². The molecular formula is C20H40IN5O2. The molecular weight excluding hydrogens is 469 g/mol.